The minimum absolute atomic E-state index is 0.331. The Morgan fingerprint density at radius 2 is 1.62 bits per heavy atom. The molecule has 0 bridgehead atoms. The number of hydrogen-bond donors (Lipinski definition) is 0. The van der Waals surface area contributed by atoms with Crippen LogP contribution in [0.1, 0.15) is 50.5 Å². The molecule has 3 unspecified atom stereocenters. The molecule has 2 fully saturated rings. The van der Waals surface area contributed by atoms with Gasteiger partial charge in [0.15, 0.2) is 17.4 Å². The summed E-state index contributed by atoms with van der Waals surface area (Å²) in [5.74, 6) is -1.18. The van der Waals surface area contributed by atoms with Crippen molar-refractivity contribution in [3.63, 3.8) is 0 Å². The highest BCUT2D eigenvalue weighted by Crippen LogP contribution is 2.43. The Bertz CT molecular complexity index is 576. The molecule has 0 aliphatic heterocycles. The molecule has 0 aromatic heterocycles. The topological polar surface area (TPSA) is 9.23 Å². The van der Waals surface area contributed by atoms with Gasteiger partial charge in [0.1, 0.15) is 0 Å². The van der Waals surface area contributed by atoms with Crippen LogP contribution in [0.2, 0.25) is 0 Å². The van der Waals surface area contributed by atoms with Crippen LogP contribution in [0.25, 0.3) is 6.08 Å². The van der Waals surface area contributed by atoms with E-state index in [1.165, 1.54) is 32.1 Å². The molecule has 2 aliphatic rings. The van der Waals surface area contributed by atoms with Crippen LogP contribution in [0, 0.1) is 29.4 Å². The van der Waals surface area contributed by atoms with Crippen molar-refractivity contribution in [2.45, 2.75) is 51.6 Å². The molecule has 3 atom stereocenters. The fourth-order valence-corrected chi connectivity index (χ4v) is 4.21. The van der Waals surface area contributed by atoms with Crippen molar-refractivity contribution in [2.24, 2.45) is 17.8 Å². The van der Waals surface area contributed by atoms with Crippen molar-refractivity contribution in [2.75, 3.05) is 0 Å². The minimum Gasteiger partial charge on any atom is -0.429 e. The van der Waals surface area contributed by atoms with Crippen LogP contribution >= 0.6 is 0 Å². The van der Waals surface area contributed by atoms with Crippen molar-refractivity contribution < 1.29 is 22.3 Å². The molecule has 0 N–H and O–H groups in total. The predicted octanol–water partition coefficient (Wildman–Crippen LogP) is 6.19. The second-order valence-corrected chi connectivity index (χ2v) is 6.93. The molecule has 1 nitrogen and oxygen atoms in total. The summed E-state index contributed by atoms with van der Waals surface area (Å²) < 4.78 is 55.6. The molecule has 0 amide bonds. The summed E-state index contributed by atoms with van der Waals surface area (Å²) in [6.07, 6.45) is 12.4. The lowest BCUT2D eigenvalue weighted by molar-refractivity contribution is -0.0546. The Morgan fingerprint density at radius 1 is 0.958 bits per heavy atom. The average Bonchev–Trinajstić information content (AvgIpc) is 2.56. The Hall–Kier alpha value is -1.52. The van der Waals surface area contributed by atoms with E-state index in [1.807, 2.05) is 6.08 Å². The number of halogens is 4. The Balaban J connectivity index is 1.66. The highest BCUT2D eigenvalue weighted by atomic mass is 19.3. The van der Waals surface area contributed by atoms with Gasteiger partial charge in [-0.05, 0) is 54.7 Å². The standard InChI is InChI=1S/C19H22F4O/c20-16-10-13(11-17(21)18(16)24-19(22)23)6-5-12-7-8-14-3-1-2-4-15(14)9-12/h5-6,10-12,14-15,19H,1-4,7-9H2/b6-5+. The summed E-state index contributed by atoms with van der Waals surface area (Å²) in [4.78, 5) is 0. The van der Waals surface area contributed by atoms with Crippen LogP contribution in [0.4, 0.5) is 17.6 Å². The maximum absolute atomic E-state index is 13.7. The van der Waals surface area contributed by atoms with Gasteiger partial charge < -0.3 is 4.74 Å². The number of hydrogen-bond acceptors (Lipinski definition) is 1. The molecule has 0 radical (unpaired) electrons. The van der Waals surface area contributed by atoms with Crippen molar-refractivity contribution in [3.8, 4) is 5.75 Å². The van der Waals surface area contributed by atoms with Gasteiger partial charge in [-0.15, -0.1) is 0 Å². The van der Waals surface area contributed by atoms with Crippen molar-refractivity contribution in [1.29, 1.82) is 0 Å². The quantitative estimate of drug-likeness (QED) is 0.593. The lowest BCUT2D eigenvalue weighted by Crippen LogP contribution is -2.26. The highest BCUT2D eigenvalue weighted by molar-refractivity contribution is 5.52. The van der Waals surface area contributed by atoms with E-state index in [0.717, 1.165) is 36.8 Å². The van der Waals surface area contributed by atoms with Crippen molar-refractivity contribution >= 4 is 6.08 Å². The maximum Gasteiger partial charge on any atom is 0.387 e. The van der Waals surface area contributed by atoms with Gasteiger partial charge >= 0.3 is 6.61 Å². The van der Waals surface area contributed by atoms with E-state index in [2.05, 4.69) is 4.74 Å². The van der Waals surface area contributed by atoms with Gasteiger partial charge in [0.25, 0.3) is 0 Å². The van der Waals surface area contributed by atoms with Gasteiger partial charge in [0.05, 0.1) is 0 Å². The Morgan fingerprint density at radius 3 is 2.29 bits per heavy atom. The fraction of sp³-hybridized carbons (Fsp3) is 0.579. The van der Waals surface area contributed by atoms with E-state index >= 15 is 0 Å². The van der Waals surface area contributed by atoms with Crippen LogP contribution in [0.5, 0.6) is 5.75 Å². The number of rotatable bonds is 4. The third-order valence-corrected chi connectivity index (χ3v) is 5.37. The Kier molecular flexibility index (Phi) is 5.47. The summed E-state index contributed by atoms with van der Waals surface area (Å²) in [6.45, 7) is -3.25. The van der Waals surface area contributed by atoms with E-state index < -0.39 is 24.0 Å². The number of benzene rings is 1. The smallest absolute Gasteiger partial charge is 0.387 e. The normalized spacial score (nSPS) is 27.5. The molecule has 132 valence electrons. The van der Waals surface area contributed by atoms with E-state index in [9.17, 15) is 17.6 Å². The first-order valence-electron chi connectivity index (χ1n) is 8.65. The van der Waals surface area contributed by atoms with Crippen molar-refractivity contribution in [3.05, 3.63) is 35.4 Å². The SMILES string of the molecule is Fc1cc(/C=C/C2CCC3CCCCC3C2)cc(F)c1OC(F)F. The van der Waals surface area contributed by atoms with Crippen LogP contribution in [-0.4, -0.2) is 6.61 Å². The van der Waals surface area contributed by atoms with Gasteiger partial charge in [0, 0.05) is 0 Å². The monoisotopic (exact) mass is 342 g/mol. The van der Waals surface area contributed by atoms with E-state index in [0.29, 0.717) is 11.5 Å². The highest BCUT2D eigenvalue weighted by Gasteiger charge is 2.31. The zero-order chi connectivity index (χ0) is 17.1. The Labute approximate surface area is 139 Å². The van der Waals surface area contributed by atoms with Crippen LogP contribution in [-0.2, 0) is 0 Å². The lowest BCUT2D eigenvalue weighted by Gasteiger charge is -2.38. The average molecular weight is 342 g/mol. The van der Waals surface area contributed by atoms with Gasteiger partial charge in [0.2, 0.25) is 0 Å². The molecule has 5 heteroatoms. The predicted molar refractivity (Wildman–Crippen MR) is 84.8 cm³/mol. The van der Waals surface area contributed by atoms with Gasteiger partial charge in [-0.1, -0.05) is 37.8 Å². The summed E-state index contributed by atoms with van der Waals surface area (Å²) in [5.41, 5.74) is 0.331. The first-order chi connectivity index (χ1) is 11.5. The summed E-state index contributed by atoms with van der Waals surface area (Å²) >= 11 is 0. The zero-order valence-electron chi connectivity index (χ0n) is 13.5. The number of ether oxygens (including phenoxy) is 1. The van der Waals surface area contributed by atoms with Crippen LogP contribution < -0.4 is 4.74 Å². The fourth-order valence-electron chi connectivity index (χ4n) is 4.21. The first kappa shape index (κ1) is 17.3. The van der Waals surface area contributed by atoms with E-state index in [4.69, 9.17) is 0 Å². The number of alkyl halides is 2. The lowest BCUT2D eigenvalue weighted by atomic mass is 9.67. The van der Waals surface area contributed by atoms with Crippen LogP contribution in [0.3, 0.4) is 0 Å². The number of fused-ring (bicyclic) bond motifs is 1. The van der Waals surface area contributed by atoms with Gasteiger partial charge in [-0.3, -0.25) is 0 Å². The summed E-state index contributed by atoms with van der Waals surface area (Å²) in [7, 11) is 0. The summed E-state index contributed by atoms with van der Waals surface area (Å²) in [5, 5.41) is 0. The zero-order valence-corrected chi connectivity index (χ0v) is 13.5. The molecule has 24 heavy (non-hydrogen) atoms. The van der Waals surface area contributed by atoms with Crippen LogP contribution in [0.15, 0.2) is 18.2 Å². The maximum atomic E-state index is 13.7. The second-order valence-electron chi connectivity index (χ2n) is 6.93. The van der Waals surface area contributed by atoms with Crippen molar-refractivity contribution in [1.82, 2.24) is 0 Å². The van der Waals surface area contributed by atoms with E-state index in [-0.39, 0.29) is 0 Å². The molecule has 2 saturated carbocycles. The minimum atomic E-state index is -3.25. The van der Waals surface area contributed by atoms with Gasteiger partial charge in [-0.2, -0.15) is 8.78 Å². The third-order valence-electron chi connectivity index (χ3n) is 5.37. The molecule has 1 aromatic rings. The molecular formula is C19H22F4O. The van der Waals surface area contributed by atoms with E-state index in [1.54, 1.807) is 6.08 Å². The molecule has 3 rings (SSSR count). The summed E-state index contributed by atoms with van der Waals surface area (Å²) in [6, 6.07) is 2.06. The molecule has 2 aliphatic carbocycles. The molecular weight excluding hydrogens is 320 g/mol. The first-order valence-corrected chi connectivity index (χ1v) is 8.65. The molecule has 0 spiro atoms. The second kappa shape index (κ2) is 7.58. The van der Waals surface area contributed by atoms with Gasteiger partial charge in [-0.25, -0.2) is 8.78 Å². The third kappa shape index (κ3) is 4.11. The molecule has 0 saturated heterocycles. The largest absolute Gasteiger partial charge is 0.429 e. The number of allylic oxidation sites excluding steroid dienone is 1. The molecule has 0 heterocycles. The molecule has 1 aromatic carbocycles.